The van der Waals surface area contributed by atoms with E-state index in [9.17, 15) is 13.2 Å². The Labute approximate surface area is 143 Å². The molecule has 0 saturated carbocycles. The number of nitrogens with zero attached hydrogens (tertiary/aromatic N) is 2. The Kier molecular flexibility index (Phi) is 5.22. The van der Waals surface area contributed by atoms with Gasteiger partial charge in [-0.05, 0) is 70.1 Å². The Bertz CT molecular complexity index is 674. The van der Waals surface area contributed by atoms with Gasteiger partial charge in [0.25, 0.3) is 5.91 Å². The van der Waals surface area contributed by atoms with Crippen LogP contribution in [0.3, 0.4) is 0 Å². The Hall–Kier alpha value is -1.44. The van der Waals surface area contributed by atoms with Crippen LogP contribution in [-0.4, -0.2) is 63.4 Å². The van der Waals surface area contributed by atoms with Crippen molar-refractivity contribution in [2.24, 2.45) is 0 Å². The first-order chi connectivity index (χ1) is 11.5. The summed E-state index contributed by atoms with van der Waals surface area (Å²) in [5, 5.41) is 0. The average molecular weight is 351 g/mol. The molecule has 2 aliphatic heterocycles. The SMILES string of the molecule is CNS(=O)(=O)c1ccc(C(=O)N2CCC(N3CCCC3)CC2)cc1. The van der Waals surface area contributed by atoms with E-state index < -0.39 is 10.0 Å². The van der Waals surface area contributed by atoms with Gasteiger partial charge in [0.1, 0.15) is 0 Å². The molecule has 7 heteroatoms. The van der Waals surface area contributed by atoms with E-state index in [1.807, 2.05) is 4.90 Å². The van der Waals surface area contributed by atoms with Gasteiger partial charge >= 0.3 is 0 Å². The molecule has 2 fully saturated rings. The maximum Gasteiger partial charge on any atom is 0.253 e. The van der Waals surface area contributed by atoms with Crippen molar-refractivity contribution in [1.29, 1.82) is 0 Å². The molecule has 2 heterocycles. The first-order valence-electron chi connectivity index (χ1n) is 8.58. The van der Waals surface area contributed by atoms with Crippen molar-refractivity contribution < 1.29 is 13.2 Å². The van der Waals surface area contributed by atoms with Gasteiger partial charge in [0.2, 0.25) is 10.0 Å². The van der Waals surface area contributed by atoms with Gasteiger partial charge in [-0.3, -0.25) is 4.79 Å². The van der Waals surface area contributed by atoms with E-state index in [0.717, 1.165) is 25.9 Å². The zero-order valence-corrected chi connectivity index (χ0v) is 14.9. The van der Waals surface area contributed by atoms with Crippen molar-refractivity contribution in [2.75, 3.05) is 33.2 Å². The van der Waals surface area contributed by atoms with Crippen molar-refractivity contribution >= 4 is 15.9 Å². The summed E-state index contributed by atoms with van der Waals surface area (Å²) in [6.07, 6.45) is 4.64. The quantitative estimate of drug-likeness (QED) is 0.888. The number of rotatable bonds is 4. The summed E-state index contributed by atoms with van der Waals surface area (Å²) in [6.45, 7) is 3.94. The van der Waals surface area contributed by atoms with Crippen molar-refractivity contribution in [3.05, 3.63) is 29.8 Å². The number of carbonyl (C=O) groups excluding carboxylic acids is 1. The zero-order chi connectivity index (χ0) is 17.2. The van der Waals surface area contributed by atoms with Gasteiger partial charge in [-0.25, -0.2) is 13.1 Å². The van der Waals surface area contributed by atoms with E-state index in [1.165, 1.54) is 45.1 Å². The van der Waals surface area contributed by atoms with Crippen LogP contribution in [0.25, 0.3) is 0 Å². The standard InChI is InChI=1S/C17H25N3O3S/c1-18-24(22,23)16-6-4-14(5-7-16)17(21)20-12-8-15(9-13-20)19-10-2-3-11-19/h4-7,15,18H,2-3,8-13H2,1H3. The maximum absolute atomic E-state index is 12.6. The monoisotopic (exact) mass is 351 g/mol. The second-order valence-electron chi connectivity index (χ2n) is 6.50. The lowest BCUT2D eigenvalue weighted by Gasteiger charge is -2.36. The van der Waals surface area contributed by atoms with E-state index in [0.29, 0.717) is 11.6 Å². The molecule has 24 heavy (non-hydrogen) atoms. The largest absolute Gasteiger partial charge is 0.339 e. The van der Waals surface area contributed by atoms with Crippen LogP contribution in [0.2, 0.25) is 0 Å². The molecule has 132 valence electrons. The molecule has 0 spiro atoms. The predicted octanol–water partition coefficient (Wildman–Crippen LogP) is 1.30. The Morgan fingerprint density at radius 1 is 1.04 bits per heavy atom. The summed E-state index contributed by atoms with van der Waals surface area (Å²) in [6, 6.07) is 6.77. The molecule has 0 bridgehead atoms. The summed E-state index contributed by atoms with van der Waals surface area (Å²) >= 11 is 0. The Morgan fingerprint density at radius 3 is 2.17 bits per heavy atom. The minimum atomic E-state index is -3.46. The van der Waals surface area contributed by atoms with Crippen LogP contribution in [0, 0.1) is 0 Å². The van der Waals surface area contributed by atoms with Crippen LogP contribution in [0.5, 0.6) is 0 Å². The van der Waals surface area contributed by atoms with Crippen LogP contribution in [0.4, 0.5) is 0 Å². The van der Waals surface area contributed by atoms with Crippen molar-refractivity contribution in [2.45, 2.75) is 36.6 Å². The van der Waals surface area contributed by atoms with Gasteiger partial charge < -0.3 is 9.80 Å². The average Bonchev–Trinajstić information content (AvgIpc) is 3.16. The van der Waals surface area contributed by atoms with Crippen LogP contribution in [0.15, 0.2) is 29.2 Å². The highest BCUT2D eigenvalue weighted by Crippen LogP contribution is 2.22. The molecule has 2 saturated heterocycles. The number of hydrogen-bond donors (Lipinski definition) is 1. The topological polar surface area (TPSA) is 69.7 Å². The van der Waals surface area contributed by atoms with E-state index >= 15 is 0 Å². The molecular formula is C17H25N3O3S. The van der Waals surface area contributed by atoms with Gasteiger partial charge in [-0.2, -0.15) is 0 Å². The number of benzene rings is 1. The molecule has 0 atom stereocenters. The minimum Gasteiger partial charge on any atom is -0.339 e. The van der Waals surface area contributed by atoms with E-state index in [2.05, 4.69) is 9.62 Å². The van der Waals surface area contributed by atoms with Crippen molar-refractivity contribution in [1.82, 2.24) is 14.5 Å². The molecule has 0 aliphatic carbocycles. The summed E-state index contributed by atoms with van der Waals surface area (Å²) in [7, 11) is -2.09. The van der Waals surface area contributed by atoms with Gasteiger partial charge in [0.15, 0.2) is 0 Å². The third-order valence-electron chi connectivity index (χ3n) is 5.09. The fourth-order valence-corrected chi connectivity index (χ4v) is 4.35. The highest BCUT2D eigenvalue weighted by atomic mass is 32.2. The van der Waals surface area contributed by atoms with Gasteiger partial charge in [0, 0.05) is 24.7 Å². The van der Waals surface area contributed by atoms with Gasteiger partial charge in [-0.15, -0.1) is 0 Å². The predicted molar refractivity (Wildman–Crippen MR) is 92.4 cm³/mol. The maximum atomic E-state index is 12.6. The van der Waals surface area contributed by atoms with Crippen molar-refractivity contribution in [3.63, 3.8) is 0 Å². The molecule has 6 nitrogen and oxygen atoms in total. The summed E-state index contributed by atoms with van der Waals surface area (Å²) < 4.78 is 25.7. The van der Waals surface area contributed by atoms with E-state index in [1.54, 1.807) is 12.1 Å². The summed E-state index contributed by atoms with van der Waals surface area (Å²) in [4.78, 5) is 17.2. The molecule has 3 rings (SSSR count). The summed E-state index contributed by atoms with van der Waals surface area (Å²) in [5.74, 6) is -0.0109. The molecule has 0 aromatic heterocycles. The lowest BCUT2D eigenvalue weighted by atomic mass is 10.0. The number of sulfonamides is 1. The minimum absolute atomic E-state index is 0.0109. The van der Waals surface area contributed by atoms with E-state index in [4.69, 9.17) is 0 Å². The first-order valence-corrected chi connectivity index (χ1v) is 10.1. The van der Waals surface area contributed by atoms with Crippen LogP contribution in [-0.2, 0) is 10.0 Å². The number of likely N-dealkylation sites (tertiary alicyclic amines) is 2. The number of hydrogen-bond acceptors (Lipinski definition) is 4. The molecular weight excluding hydrogens is 326 g/mol. The molecule has 2 aliphatic rings. The number of amides is 1. The lowest BCUT2D eigenvalue weighted by Crippen LogP contribution is -2.45. The molecule has 0 unspecified atom stereocenters. The second kappa shape index (κ2) is 7.21. The highest BCUT2D eigenvalue weighted by molar-refractivity contribution is 7.89. The van der Waals surface area contributed by atoms with E-state index in [-0.39, 0.29) is 10.8 Å². The first kappa shape index (κ1) is 17.4. The van der Waals surface area contributed by atoms with Crippen molar-refractivity contribution in [3.8, 4) is 0 Å². The fraction of sp³-hybridized carbons (Fsp3) is 0.588. The Morgan fingerprint density at radius 2 is 1.62 bits per heavy atom. The number of piperidine rings is 1. The third kappa shape index (κ3) is 3.63. The molecule has 1 N–H and O–H groups in total. The normalized spacial score (nSPS) is 20.5. The lowest BCUT2D eigenvalue weighted by molar-refractivity contribution is 0.0644. The fourth-order valence-electron chi connectivity index (χ4n) is 3.62. The van der Waals surface area contributed by atoms with Crippen LogP contribution in [0.1, 0.15) is 36.0 Å². The number of nitrogens with one attached hydrogen (secondary N) is 1. The van der Waals surface area contributed by atoms with Gasteiger partial charge in [0.05, 0.1) is 4.90 Å². The van der Waals surface area contributed by atoms with Crippen LogP contribution >= 0.6 is 0 Å². The zero-order valence-electron chi connectivity index (χ0n) is 14.1. The molecule has 1 aromatic rings. The molecule has 1 amide bonds. The van der Waals surface area contributed by atoms with Crippen LogP contribution < -0.4 is 4.72 Å². The molecule has 0 radical (unpaired) electrons. The Balaban J connectivity index is 1.61. The smallest absolute Gasteiger partial charge is 0.253 e. The summed E-state index contributed by atoms with van der Waals surface area (Å²) in [5.41, 5.74) is 0.546. The molecule has 1 aromatic carbocycles. The second-order valence-corrected chi connectivity index (χ2v) is 8.38. The number of carbonyl (C=O) groups is 1. The van der Waals surface area contributed by atoms with Gasteiger partial charge in [-0.1, -0.05) is 0 Å². The third-order valence-corrected chi connectivity index (χ3v) is 6.52. The highest BCUT2D eigenvalue weighted by Gasteiger charge is 2.28.